The lowest BCUT2D eigenvalue weighted by molar-refractivity contribution is -0.130. The summed E-state index contributed by atoms with van der Waals surface area (Å²) in [6.45, 7) is 6.06. The van der Waals surface area contributed by atoms with E-state index in [9.17, 15) is 14.4 Å². The minimum Gasteiger partial charge on any atom is -0.457 e. The maximum Gasteiger partial charge on any atom is 0.407 e. The Hall–Kier alpha value is -4.59. The number of nitrogens with one attached hydrogen (secondary N) is 1. The molecule has 0 spiro atoms. The van der Waals surface area contributed by atoms with Gasteiger partial charge in [0.05, 0.1) is 6.04 Å². The van der Waals surface area contributed by atoms with E-state index in [4.69, 9.17) is 9.47 Å². The van der Waals surface area contributed by atoms with Gasteiger partial charge in [-0.2, -0.15) is 0 Å². The third-order valence-corrected chi connectivity index (χ3v) is 6.15. The largest absolute Gasteiger partial charge is 0.457 e. The number of hydrogen-bond donors (Lipinski definition) is 1. The molecule has 3 amide bonds. The second kappa shape index (κ2) is 13.0. The zero-order valence-corrected chi connectivity index (χ0v) is 23.1. The summed E-state index contributed by atoms with van der Waals surface area (Å²) in [6.07, 6.45) is 3.28. The van der Waals surface area contributed by atoms with Crippen molar-refractivity contribution in [1.29, 1.82) is 0 Å². The summed E-state index contributed by atoms with van der Waals surface area (Å²) in [5.74, 6) is 0.656. The molecule has 0 radical (unpaired) electrons. The van der Waals surface area contributed by atoms with Crippen LogP contribution in [0.3, 0.4) is 0 Å². The number of alkyl carbamates (subject to hydrolysis) is 1. The molecule has 1 fully saturated rings. The minimum absolute atomic E-state index is 0.161. The van der Waals surface area contributed by atoms with Gasteiger partial charge in [-0.1, -0.05) is 54.6 Å². The SMILES string of the molecule is CC(C)(C)OC(=O)NC1CCN(C(=O)CN(C(=O)/C=C/c2ccccc2)c2cccc(Oc3ccccc3)c2)C1. The zero-order valence-electron chi connectivity index (χ0n) is 23.1. The molecule has 0 aromatic heterocycles. The molecule has 3 aromatic rings. The van der Waals surface area contributed by atoms with E-state index in [2.05, 4.69) is 5.32 Å². The van der Waals surface area contributed by atoms with E-state index in [1.165, 1.54) is 11.0 Å². The molecule has 0 bridgehead atoms. The molecule has 1 saturated heterocycles. The van der Waals surface area contributed by atoms with Crippen LogP contribution in [0.2, 0.25) is 0 Å². The average Bonchev–Trinajstić information content (AvgIpc) is 3.39. The molecule has 8 heteroatoms. The van der Waals surface area contributed by atoms with E-state index < -0.39 is 11.7 Å². The van der Waals surface area contributed by atoms with Gasteiger partial charge in [-0.15, -0.1) is 0 Å². The van der Waals surface area contributed by atoms with Gasteiger partial charge in [-0.3, -0.25) is 14.5 Å². The van der Waals surface area contributed by atoms with Gasteiger partial charge in [-0.25, -0.2) is 4.79 Å². The Balaban J connectivity index is 1.49. The first kappa shape index (κ1) is 28.4. The summed E-state index contributed by atoms with van der Waals surface area (Å²) in [6, 6.07) is 25.7. The first-order valence-electron chi connectivity index (χ1n) is 13.3. The topological polar surface area (TPSA) is 88.2 Å². The summed E-state index contributed by atoms with van der Waals surface area (Å²) in [7, 11) is 0. The Bertz CT molecular complexity index is 1340. The van der Waals surface area contributed by atoms with Crippen molar-refractivity contribution in [3.63, 3.8) is 0 Å². The van der Waals surface area contributed by atoms with Crippen molar-refractivity contribution in [2.75, 3.05) is 24.5 Å². The zero-order chi connectivity index (χ0) is 28.5. The molecule has 1 unspecified atom stereocenters. The van der Waals surface area contributed by atoms with Crippen LogP contribution in [-0.4, -0.2) is 54.1 Å². The van der Waals surface area contributed by atoms with Crippen molar-refractivity contribution < 1.29 is 23.9 Å². The molecule has 1 heterocycles. The van der Waals surface area contributed by atoms with E-state index in [0.29, 0.717) is 36.7 Å². The molecule has 1 atom stereocenters. The standard InChI is InChI=1S/C32H35N3O5/c1-32(2,3)40-31(38)33-25-19-20-34(22-25)30(37)23-35(29(36)18-17-24-11-6-4-7-12-24)26-13-10-16-28(21-26)39-27-14-8-5-9-15-27/h4-18,21,25H,19-20,22-23H2,1-3H3,(H,33,38)/b18-17+. The van der Waals surface area contributed by atoms with Crippen LogP contribution in [0.5, 0.6) is 11.5 Å². The number of hydrogen-bond acceptors (Lipinski definition) is 5. The Morgan fingerprint density at radius 2 is 1.62 bits per heavy atom. The highest BCUT2D eigenvalue weighted by Crippen LogP contribution is 2.27. The monoisotopic (exact) mass is 541 g/mol. The van der Waals surface area contributed by atoms with Crippen LogP contribution in [0, 0.1) is 0 Å². The van der Waals surface area contributed by atoms with Gasteiger partial charge in [0.2, 0.25) is 5.91 Å². The molecule has 40 heavy (non-hydrogen) atoms. The number of nitrogens with zero attached hydrogens (tertiary/aromatic N) is 2. The number of para-hydroxylation sites is 1. The van der Waals surface area contributed by atoms with Crippen LogP contribution < -0.4 is 15.0 Å². The first-order valence-corrected chi connectivity index (χ1v) is 13.3. The third-order valence-electron chi connectivity index (χ3n) is 6.15. The van der Waals surface area contributed by atoms with Gasteiger partial charge in [0, 0.05) is 30.9 Å². The Labute approximate surface area is 235 Å². The third kappa shape index (κ3) is 8.46. The van der Waals surface area contributed by atoms with Crippen LogP contribution >= 0.6 is 0 Å². The van der Waals surface area contributed by atoms with Crippen LogP contribution in [0.1, 0.15) is 32.8 Å². The minimum atomic E-state index is -0.606. The second-order valence-corrected chi connectivity index (χ2v) is 10.6. The molecule has 1 aliphatic heterocycles. The number of rotatable bonds is 8. The molecule has 1 aliphatic rings. The summed E-state index contributed by atoms with van der Waals surface area (Å²) in [4.78, 5) is 42.1. The van der Waals surface area contributed by atoms with Crippen LogP contribution in [0.25, 0.3) is 6.08 Å². The quantitative estimate of drug-likeness (QED) is 0.372. The van der Waals surface area contributed by atoms with Crippen molar-refractivity contribution in [2.24, 2.45) is 0 Å². The maximum absolute atomic E-state index is 13.4. The van der Waals surface area contributed by atoms with E-state index in [-0.39, 0.29) is 24.4 Å². The van der Waals surface area contributed by atoms with E-state index in [1.807, 2.05) is 60.7 Å². The molecule has 0 aliphatic carbocycles. The molecular weight excluding hydrogens is 506 g/mol. The molecule has 1 N–H and O–H groups in total. The van der Waals surface area contributed by atoms with E-state index in [1.54, 1.807) is 56.0 Å². The molecule has 0 saturated carbocycles. The summed E-state index contributed by atoms with van der Waals surface area (Å²) >= 11 is 0. The number of amides is 3. The first-order chi connectivity index (χ1) is 19.2. The van der Waals surface area contributed by atoms with Crippen molar-refractivity contribution >= 4 is 29.7 Å². The highest BCUT2D eigenvalue weighted by molar-refractivity contribution is 6.06. The van der Waals surface area contributed by atoms with Crippen LogP contribution in [-0.2, 0) is 14.3 Å². The van der Waals surface area contributed by atoms with Crippen molar-refractivity contribution in [3.05, 3.63) is 96.6 Å². The lowest BCUT2D eigenvalue weighted by Crippen LogP contribution is -2.44. The molecule has 208 valence electrons. The predicted molar refractivity (Wildman–Crippen MR) is 155 cm³/mol. The number of likely N-dealkylation sites (tertiary alicyclic amines) is 1. The Morgan fingerprint density at radius 1 is 0.950 bits per heavy atom. The van der Waals surface area contributed by atoms with Crippen molar-refractivity contribution in [2.45, 2.75) is 38.8 Å². The molecule has 3 aromatic carbocycles. The van der Waals surface area contributed by atoms with E-state index >= 15 is 0 Å². The second-order valence-electron chi connectivity index (χ2n) is 10.6. The predicted octanol–water partition coefficient (Wildman–Crippen LogP) is 5.65. The number of anilines is 1. The fourth-order valence-corrected chi connectivity index (χ4v) is 4.27. The normalized spacial score (nSPS) is 15.1. The summed E-state index contributed by atoms with van der Waals surface area (Å²) in [5, 5.41) is 2.83. The maximum atomic E-state index is 13.4. The number of carbonyl (C=O) groups is 3. The van der Waals surface area contributed by atoms with Crippen molar-refractivity contribution in [3.8, 4) is 11.5 Å². The summed E-state index contributed by atoms with van der Waals surface area (Å²) < 4.78 is 11.3. The Kier molecular flexibility index (Phi) is 9.22. The Morgan fingerprint density at radius 3 is 2.33 bits per heavy atom. The number of benzene rings is 3. The van der Waals surface area contributed by atoms with Crippen molar-refractivity contribution in [1.82, 2.24) is 10.2 Å². The molecule has 4 rings (SSSR count). The fraction of sp³-hybridized carbons (Fsp3) is 0.281. The van der Waals surface area contributed by atoms with Crippen LogP contribution in [0.4, 0.5) is 10.5 Å². The number of ether oxygens (including phenoxy) is 2. The highest BCUT2D eigenvalue weighted by atomic mass is 16.6. The highest BCUT2D eigenvalue weighted by Gasteiger charge is 2.30. The summed E-state index contributed by atoms with van der Waals surface area (Å²) in [5.41, 5.74) is 0.802. The lowest BCUT2D eigenvalue weighted by Gasteiger charge is -2.25. The smallest absolute Gasteiger partial charge is 0.407 e. The fourth-order valence-electron chi connectivity index (χ4n) is 4.27. The number of carbonyl (C=O) groups excluding carboxylic acids is 3. The van der Waals surface area contributed by atoms with Gasteiger partial charge < -0.3 is 19.7 Å². The van der Waals surface area contributed by atoms with Gasteiger partial charge in [0.25, 0.3) is 5.91 Å². The lowest BCUT2D eigenvalue weighted by atomic mass is 10.2. The van der Waals surface area contributed by atoms with Gasteiger partial charge in [0.1, 0.15) is 23.6 Å². The van der Waals surface area contributed by atoms with Gasteiger partial charge in [-0.05, 0) is 63.1 Å². The van der Waals surface area contributed by atoms with Gasteiger partial charge >= 0.3 is 6.09 Å². The molecular formula is C32H35N3O5. The molecule has 8 nitrogen and oxygen atoms in total. The van der Waals surface area contributed by atoms with Gasteiger partial charge in [0.15, 0.2) is 0 Å². The van der Waals surface area contributed by atoms with E-state index in [0.717, 1.165) is 5.56 Å². The van der Waals surface area contributed by atoms with Crippen LogP contribution in [0.15, 0.2) is 91.0 Å². The average molecular weight is 542 g/mol.